The third kappa shape index (κ3) is 0.929. The zero-order valence-corrected chi connectivity index (χ0v) is 5.69. The van der Waals surface area contributed by atoms with E-state index in [1.807, 2.05) is 0 Å². The number of nitrogens with zero attached hydrogens (tertiary/aromatic N) is 2. The van der Waals surface area contributed by atoms with E-state index in [1.165, 1.54) is 6.20 Å². The Morgan fingerprint density at radius 2 is 2.45 bits per heavy atom. The summed E-state index contributed by atoms with van der Waals surface area (Å²) in [6.07, 6.45) is 6.20. The van der Waals surface area contributed by atoms with Crippen molar-refractivity contribution in [2.45, 2.75) is 0 Å². The molecule has 0 atom stereocenters. The highest BCUT2D eigenvalue weighted by molar-refractivity contribution is 5.73. The van der Waals surface area contributed by atoms with Crippen LogP contribution in [0.1, 0.15) is 0 Å². The summed E-state index contributed by atoms with van der Waals surface area (Å²) in [7, 11) is 0. The molecule has 0 aliphatic carbocycles. The lowest BCUT2D eigenvalue weighted by Gasteiger charge is -2.31. The van der Waals surface area contributed by atoms with Gasteiger partial charge in [-0.2, -0.15) is 0 Å². The van der Waals surface area contributed by atoms with Gasteiger partial charge < -0.3 is 15.6 Å². The Morgan fingerprint density at radius 1 is 1.55 bits per heavy atom. The molecule has 11 heavy (non-hydrogen) atoms. The second-order valence-electron chi connectivity index (χ2n) is 2.18. The number of nitrogens with one attached hydrogen (secondary N) is 1. The number of anilines is 2. The van der Waals surface area contributed by atoms with Crippen molar-refractivity contribution >= 4 is 11.4 Å². The topological polar surface area (TPSA) is 51.2 Å². The Balaban J connectivity index is 2.50. The van der Waals surface area contributed by atoms with Crippen molar-refractivity contribution < 1.29 is 0 Å². The van der Waals surface area contributed by atoms with Gasteiger partial charge in [0.2, 0.25) is 0 Å². The van der Waals surface area contributed by atoms with Crippen LogP contribution in [-0.4, -0.2) is 4.98 Å². The summed E-state index contributed by atoms with van der Waals surface area (Å²) in [5, 5.41) is 14.8. The van der Waals surface area contributed by atoms with Gasteiger partial charge in [0.15, 0.2) is 0 Å². The van der Waals surface area contributed by atoms with Crippen molar-refractivity contribution in [3.05, 3.63) is 36.1 Å². The molecule has 1 aromatic rings. The van der Waals surface area contributed by atoms with Gasteiger partial charge in [0.25, 0.3) is 0 Å². The van der Waals surface area contributed by atoms with Gasteiger partial charge in [-0.1, -0.05) is 0 Å². The Bertz CT molecular complexity index is 297. The first kappa shape index (κ1) is 6.18. The van der Waals surface area contributed by atoms with Crippen LogP contribution < -0.4 is 10.4 Å². The van der Waals surface area contributed by atoms with Gasteiger partial charge in [-0.3, -0.25) is 4.98 Å². The summed E-state index contributed by atoms with van der Waals surface area (Å²) in [6.45, 7) is 0. The number of pyridine rings is 1. The van der Waals surface area contributed by atoms with Crippen LogP contribution in [0.3, 0.4) is 0 Å². The Hall–Kier alpha value is -1.55. The molecule has 0 unspecified atom stereocenters. The molecule has 1 aliphatic heterocycles. The van der Waals surface area contributed by atoms with Gasteiger partial charge in [0.05, 0.1) is 17.6 Å². The van der Waals surface area contributed by atoms with Crippen molar-refractivity contribution in [1.82, 2.24) is 4.98 Å². The number of fused-ring (bicyclic) bond motifs is 1. The van der Waals surface area contributed by atoms with Gasteiger partial charge in [0, 0.05) is 18.6 Å². The van der Waals surface area contributed by atoms with Crippen molar-refractivity contribution in [2.75, 3.05) is 10.4 Å². The lowest BCUT2D eigenvalue weighted by molar-refractivity contribution is 1.21. The fraction of sp³-hybridized carbons (Fsp3) is 0. The molecule has 2 heterocycles. The van der Waals surface area contributed by atoms with Crippen LogP contribution >= 0.6 is 0 Å². The molecule has 4 heteroatoms. The van der Waals surface area contributed by atoms with E-state index >= 15 is 0 Å². The molecule has 0 fully saturated rings. The lowest BCUT2D eigenvalue weighted by atomic mass is 10.3. The number of aromatic nitrogens is 1. The monoisotopic (exact) mass is 148 g/mol. The molecule has 4 nitrogen and oxygen atoms in total. The lowest BCUT2D eigenvalue weighted by Crippen LogP contribution is -2.12. The average molecular weight is 148 g/mol. The fourth-order valence-electron chi connectivity index (χ4n) is 0.966. The molecule has 0 bridgehead atoms. The minimum Gasteiger partial charge on any atom is -0.754 e. The van der Waals surface area contributed by atoms with Crippen LogP contribution in [0.15, 0.2) is 30.9 Å². The first-order chi connectivity index (χ1) is 5.38. The van der Waals surface area contributed by atoms with Crippen LogP contribution in [0, 0.1) is 5.21 Å². The summed E-state index contributed by atoms with van der Waals surface area (Å²) < 4.78 is 0. The predicted octanol–water partition coefficient (Wildman–Crippen LogP) is 1.28. The number of rotatable bonds is 0. The molecule has 1 N–H and O–H groups in total. The molecule has 0 amide bonds. The quantitative estimate of drug-likeness (QED) is 0.602. The summed E-state index contributed by atoms with van der Waals surface area (Å²) in [5.74, 6) is 0. The molecule has 0 saturated heterocycles. The first-order valence-corrected chi connectivity index (χ1v) is 3.21. The standard InChI is InChI=1S/C7H6N3O/c11-10-4-3-9-6-5-8-2-1-7(6)10/h1-5,9H/q-1. The van der Waals surface area contributed by atoms with E-state index in [1.54, 1.807) is 24.7 Å². The SMILES string of the molecule is [O-]N1C=CNc2cnccc21. The Morgan fingerprint density at radius 3 is 3.27 bits per heavy atom. The highest BCUT2D eigenvalue weighted by Gasteiger charge is 2.03. The van der Waals surface area contributed by atoms with Gasteiger partial charge in [-0.25, -0.2) is 0 Å². The van der Waals surface area contributed by atoms with E-state index in [0.717, 1.165) is 10.8 Å². The maximum Gasteiger partial charge on any atom is 0.0799 e. The summed E-state index contributed by atoms with van der Waals surface area (Å²) in [6, 6.07) is 1.67. The number of hydrogen-bond donors (Lipinski definition) is 1. The highest BCUT2D eigenvalue weighted by atomic mass is 16.5. The van der Waals surface area contributed by atoms with Crippen molar-refractivity contribution in [3.63, 3.8) is 0 Å². The van der Waals surface area contributed by atoms with Gasteiger partial charge in [-0.05, 0) is 6.07 Å². The average Bonchev–Trinajstić information content (AvgIpc) is 2.06. The number of hydroxylamine groups is 1. The van der Waals surface area contributed by atoms with E-state index in [4.69, 9.17) is 0 Å². The Labute approximate surface area is 63.7 Å². The van der Waals surface area contributed by atoms with Crippen molar-refractivity contribution in [3.8, 4) is 0 Å². The normalized spacial score (nSPS) is 14.1. The predicted molar refractivity (Wildman–Crippen MR) is 42.8 cm³/mol. The van der Waals surface area contributed by atoms with E-state index in [2.05, 4.69) is 10.3 Å². The first-order valence-electron chi connectivity index (χ1n) is 3.21. The second kappa shape index (κ2) is 2.25. The van der Waals surface area contributed by atoms with Crippen LogP contribution in [0.25, 0.3) is 0 Å². The van der Waals surface area contributed by atoms with Crippen LogP contribution in [0.2, 0.25) is 0 Å². The minimum absolute atomic E-state index is 0.600. The van der Waals surface area contributed by atoms with E-state index in [-0.39, 0.29) is 0 Å². The van der Waals surface area contributed by atoms with E-state index < -0.39 is 0 Å². The maximum atomic E-state index is 11.0. The molecular weight excluding hydrogens is 142 g/mol. The maximum absolute atomic E-state index is 11.0. The van der Waals surface area contributed by atoms with Crippen LogP contribution in [0.5, 0.6) is 0 Å². The van der Waals surface area contributed by atoms with Crippen LogP contribution in [0.4, 0.5) is 11.4 Å². The zero-order valence-electron chi connectivity index (χ0n) is 5.69. The molecule has 0 saturated carbocycles. The molecule has 0 aromatic carbocycles. The van der Waals surface area contributed by atoms with Crippen molar-refractivity contribution in [2.24, 2.45) is 0 Å². The summed E-state index contributed by atoms with van der Waals surface area (Å²) >= 11 is 0. The number of hydrogen-bond acceptors (Lipinski definition) is 4. The second-order valence-corrected chi connectivity index (χ2v) is 2.18. The van der Waals surface area contributed by atoms with Crippen LogP contribution in [-0.2, 0) is 0 Å². The largest absolute Gasteiger partial charge is 0.754 e. The molecule has 2 rings (SSSR count). The van der Waals surface area contributed by atoms with Crippen molar-refractivity contribution in [1.29, 1.82) is 0 Å². The Kier molecular flexibility index (Phi) is 1.26. The molecule has 1 aliphatic rings. The third-order valence-corrected chi connectivity index (χ3v) is 1.48. The summed E-state index contributed by atoms with van der Waals surface area (Å²) in [5.41, 5.74) is 1.34. The van der Waals surface area contributed by atoms with Gasteiger partial charge >= 0.3 is 0 Å². The zero-order chi connectivity index (χ0) is 7.68. The van der Waals surface area contributed by atoms with Gasteiger partial charge in [-0.15, -0.1) is 0 Å². The summed E-state index contributed by atoms with van der Waals surface area (Å²) in [4.78, 5) is 3.87. The third-order valence-electron chi connectivity index (χ3n) is 1.48. The molecule has 56 valence electrons. The van der Waals surface area contributed by atoms with E-state index in [9.17, 15) is 5.21 Å². The molecule has 0 radical (unpaired) electrons. The van der Waals surface area contributed by atoms with E-state index in [0.29, 0.717) is 5.69 Å². The molecular formula is C7H6N3O-. The fourth-order valence-corrected chi connectivity index (χ4v) is 0.966. The van der Waals surface area contributed by atoms with Gasteiger partial charge in [0.1, 0.15) is 0 Å². The highest BCUT2D eigenvalue weighted by Crippen LogP contribution is 2.26. The molecule has 1 aromatic heterocycles. The minimum atomic E-state index is 0.600. The molecule has 0 spiro atoms. The smallest absolute Gasteiger partial charge is 0.0799 e.